The maximum Gasteiger partial charge on any atom is 0.0424 e. The van der Waals surface area contributed by atoms with Gasteiger partial charge < -0.3 is 0 Å². The summed E-state index contributed by atoms with van der Waals surface area (Å²) in [4.78, 5) is 2.47. The second-order valence-corrected chi connectivity index (χ2v) is 6.18. The van der Waals surface area contributed by atoms with Crippen LogP contribution in [0.15, 0.2) is 53.9 Å². The molecule has 0 saturated carbocycles. The third-order valence-corrected chi connectivity index (χ3v) is 5.03. The van der Waals surface area contributed by atoms with Gasteiger partial charge in [-0.3, -0.25) is 4.90 Å². The second-order valence-electron chi connectivity index (χ2n) is 5.26. The van der Waals surface area contributed by atoms with Crippen LogP contribution in [-0.4, -0.2) is 18.0 Å². The lowest BCUT2D eigenvalue weighted by atomic mass is 10.0. The van der Waals surface area contributed by atoms with Crippen LogP contribution in [0.3, 0.4) is 0 Å². The van der Waals surface area contributed by atoms with E-state index in [-0.39, 0.29) is 0 Å². The molecule has 0 atom stereocenters. The van der Waals surface area contributed by atoms with Gasteiger partial charge in [-0.2, -0.15) is 0 Å². The van der Waals surface area contributed by atoms with E-state index < -0.39 is 0 Å². The minimum Gasteiger partial charge on any atom is -0.300 e. The van der Waals surface area contributed by atoms with Gasteiger partial charge in [-0.05, 0) is 46.6 Å². The predicted molar refractivity (Wildman–Crippen MR) is 93.9 cm³/mol. The molecule has 3 rings (SSSR count). The Labute approximate surface area is 130 Å². The first-order valence-corrected chi connectivity index (χ1v) is 8.48. The maximum atomic E-state index is 2.47. The first-order valence-electron chi connectivity index (χ1n) is 7.60. The van der Waals surface area contributed by atoms with Crippen molar-refractivity contribution >= 4 is 21.4 Å². The fraction of sp³-hybridized carbons (Fsp3) is 0.263. The van der Waals surface area contributed by atoms with Crippen molar-refractivity contribution < 1.29 is 0 Å². The van der Waals surface area contributed by atoms with E-state index >= 15 is 0 Å². The zero-order valence-electron chi connectivity index (χ0n) is 12.7. The van der Waals surface area contributed by atoms with Gasteiger partial charge >= 0.3 is 0 Å². The molecule has 0 aliphatic heterocycles. The third kappa shape index (κ3) is 2.87. The van der Waals surface area contributed by atoms with Crippen LogP contribution >= 0.6 is 11.3 Å². The Kier molecular flexibility index (Phi) is 4.37. The van der Waals surface area contributed by atoms with Gasteiger partial charge in [0, 0.05) is 11.2 Å². The van der Waals surface area contributed by atoms with E-state index in [1.54, 1.807) is 0 Å². The Morgan fingerprint density at radius 3 is 2.38 bits per heavy atom. The summed E-state index contributed by atoms with van der Waals surface area (Å²) in [6.07, 6.45) is 0. The van der Waals surface area contributed by atoms with Crippen molar-refractivity contribution in [2.24, 2.45) is 0 Å². The van der Waals surface area contributed by atoms with Crippen molar-refractivity contribution in [2.45, 2.75) is 20.4 Å². The van der Waals surface area contributed by atoms with E-state index in [4.69, 9.17) is 0 Å². The predicted octanol–water partition coefficient (Wildman–Crippen LogP) is 5.41. The Hall–Kier alpha value is -1.64. The molecule has 0 aliphatic carbocycles. The van der Waals surface area contributed by atoms with Crippen LogP contribution in [-0.2, 0) is 6.54 Å². The topological polar surface area (TPSA) is 3.24 Å². The van der Waals surface area contributed by atoms with Crippen molar-refractivity contribution in [3.63, 3.8) is 0 Å². The normalized spacial score (nSPS) is 11.4. The van der Waals surface area contributed by atoms with Crippen molar-refractivity contribution in [1.82, 2.24) is 4.90 Å². The highest BCUT2D eigenvalue weighted by molar-refractivity contribution is 7.17. The summed E-state index contributed by atoms with van der Waals surface area (Å²) in [5, 5.41) is 3.62. The smallest absolute Gasteiger partial charge is 0.0424 e. The molecule has 0 saturated heterocycles. The van der Waals surface area contributed by atoms with Gasteiger partial charge in [0.15, 0.2) is 0 Å². The minimum atomic E-state index is 1.04. The summed E-state index contributed by atoms with van der Waals surface area (Å²) in [6.45, 7) is 7.69. The van der Waals surface area contributed by atoms with Gasteiger partial charge in [-0.1, -0.05) is 56.3 Å². The van der Waals surface area contributed by atoms with Gasteiger partial charge in [0.25, 0.3) is 0 Å². The highest BCUT2D eigenvalue weighted by Crippen LogP contribution is 2.35. The minimum absolute atomic E-state index is 1.04. The second kappa shape index (κ2) is 6.42. The molecule has 1 nitrogen and oxygen atoms in total. The monoisotopic (exact) mass is 295 g/mol. The molecule has 0 aliphatic rings. The lowest BCUT2D eigenvalue weighted by Gasteiger charge is -2.19. The average molecular weight is 295 g/mol. The Morgan fingerprint density at radius 2 is 1.67 bits per heavy atom. The van der Waals surface area contributed by atoms with Crippen molar-refractivity contribution in [2.75, 3.05) is 13.1 Å². The lowest BCUT2D eigenvalue weighted by Crippen LogP contribution is -2.22. The summed E-state index contributed by atoms with van der Waals surface area (Å²) in [5.41, 5.74) is 4.10. The van der Waals surface area contributed by atoms with Crippen LogP contribution < -0.4 is 0 Å². The number of nitrogens with zero attached hydrogens (tertiary/aromatic N) is 1. The highest BCUT2D eigenvalue weighted by Gasteiger charge is 2.10. The summed E-state index contributed by atoms with van der Waals surface area (Å²) in [6, 6.07) is 17.5. The number of rotatable bonds is 5. The molecule has 0 unspecified atom stereocenters. The number of hydrogen-bond acceptors (Lipinski definition) is 2. The zero-order valence-corrected chi connectivity index (χ0v) is 13.5. The molecule has 1 aromatic heterocycles. The Bertz CT molecular complexity index is 711. The largest absolute Gasteiger partial charge is 0.300 e. The molecule has 2 aromatic carbocycles. The maximum absolute atomic E-state index is 2.47. The van der Waals surface area contributed by atoms with Crippen LogP contribution in [0.4, 0.5) is 0 Å². The molecule has 0 radical (unpaired) electrons. The first-order chi connectivity index (χ1) is 10.3. The number of thiophene rings is 1. The van der Waals surface area contributed by atoms with Crippen LogP contribution in [0.25, 0.3) is 21.2 Å². The third-order valence-electron chi connectivity index (χ3n) is 4.08. The standard InChI is InChI=1S/C19H21NS/c1-3-20(4-2)14-16-10-11-17(15-8-6-5-7-9-15)19-18(16)12-13-21-19/h5-13H,3-4,14H2,1-2H3. The molecule has 0 amide bonds. The van der Waals surface area contributed by atoms with Gasteiger partial charge in [-0.15, -0.1) is 11.3 Å². The number of fused-ring (bicyclic) bond motifs is 1. The van der Waals surface area contributed by atoms with Gasteiger partial charge in [-0.25, -0.2) is 0 Å². The van der Waals surface area contributed by atoms with Gasteiger partial charge in [0.1, 0.15) is 0 Å². The highest BCUT2D eigenvalue weighted by atomic mass is 32.1. The van der Waals surface area contributed by atoms with E-state index in [1.165, 1.54) is 26.8 Å². The number of hydrogen-bond donors (Lipinski definition) is 0. The molecular weight excluding hydrogens is 274 g/mol. The Morgan fingerprint density at radius 1 is 0.905 bits per heavy atom. The lowest BCUT2D eigenvalue weighted by molar-refractivity contribution is 0.297. The van der Waals surface area contributed by atoms with E-state index in [2.05, 4.69) is 72.7 Å². The van der Waals surface area contributed by atoms with Gasteiger partial charge in [0.2, 0.25) is 0 Å². The van der Waals surface area contributed by atoms with E-state index in [9.17, 15) is 0 Å². The molecule has 3 aromatic rings. The summed E-state index contributed by atoms with van der Waals surface area (Å²) < 4.78 is 1.41. The van der Waals surface area contributed by atoms with Crippen molar-refractivity contribution in [3.05, 3.63) is 59.5 Å². The van der Waals surface area contributed by atoms with Crippen LogP contribution in [0.2, 0.25) is 0 Å². The van der Waals surface area contributed by atoms with Crippen molar-refractivity contribution in [3.8, 4) is 11.1 Å². The molecular formula is C19H21NS. The number of benzene rings is 2. The van der Waals surface area contributed by atoms with Crippen molar-refractivity contribution in [1.29, 1.82) is 0 Å². The molecule has 0 fully saturated rings. The Balaban J connectivity index is 2.06. The van der Waals surface area contributed by atoms with Crippen LogP contribution in [0, 0.1) is 0 Å². The zero-order chi connectivity index (χ0) is 14.7. The molecule has 1 heterocycles. The quantitative estimate of drug-likeness (QED) is 0.608. The molecule has 2 heteroatoms. The fourth-order valence-electron chi connectivity index (χ4n) is 2.79. The summed E-state index contributed by atoms with van der Waals surface area (Å²) in [7, 11) is 0. The molecule has 0 spiro atoms. The first kappa shape index (κ1) is 14.3. The summed E-state index contributed by atoms with van der Waals surface area (Å²) in [5.74, 6) is 0. The van der Waals surface area contributed by atoms with E-state index in [1.807, 2.05) is 11.3 Å². The van der Waals surface area contributed by atoms with Gasteiger partial charge in [0.05, 0.1) is 0 Å². The molecule has 0 N–H and O–H groups in total. The summed E-state index contributed by atoms with van der Waals surface area (Å²) >= 11 is 1.85. The fourth-order valence-corrected chi connectivity index (χ4v) is 3.77. The van der Waals surface area contributed by atoms with E-state index in [0.29, 0.717) is 0 Å². The van der Waals surface area contributed by atoms with Crippen LogP contribution in [0.5, 0.6) is 0 Å². The molecule has 108 valence electrons. The molecule has 0 bridgehead atoms. The van der Waals surface area contributed by atoms with E-state index in [0.717, 1.165) is 19.6 Å². The average Bonchev–Trinajstić information content (AvgIpc) is 3.03. The molecule has 21 heavy (non-hydrogen) atoms. The SMILES string of the molecule is CCN(CC)Cc1ccc(-c2ccccc2)c2sccc12. The van der Waals surface area contributed by atoms with Crippen LogP contribution in [0.1, 0.15) is 19.4 Å².